The van der Waals surface area contributed by atoms with Crippen molar-refractivity contribution in [2.24, 2.45) is 0 Å². The van der Waals surface area contributed by atoms with Crippen LogP contribution in [0.1, 0.15) is 24.2 Å². The third-order valence-electron chi connectivity index (χ3n) is 4.28. The van der Waals surface area contributed by atoms with Crippen LogP contribution >= 0.6 is 0 Å². The number of fused-ring (bicyclic) bond motifs is 1. The van der Waals surface area contributed by atoms with Gasteiger partial charge < -0.3 is 15.3 Å². The molecule has 1 heterocycles. The smallest absolute Gasteiger partial charge is 0.260 e. The highest BCUT2D eigenvalue weighted by Crippen LogP contribution is 2.46. The maximum absolute atomic E-state index is 13.6. The van der Waals surface area contributed by atoms with Crippen molar-refractivity contribution in [2.75, 3.05) is 11.9 Å². The first-order chi connectivity index (χ1) is 11.4. The average molecular weight is 328 g/mol. The van der Waals surface area contributed by atoms with Crippen LogP contribution in [0.4, 0.5) is 10.1 Å². The van der Waals surface area contributed by atoms with Gasteiger partial charge in [-0.25, -0.2) is 4.39 Å². The largest absolute Gasteiger partial charge is 0.385 e. The van der Waals surface area contributed by atoms with Crippen molar-refractivity contribution in [1.82, 2.24) is 5.32 Å². The molecule has 0 bridgehead atoms. The van der Waals surface area contributed by atoms with Crippen molar-refractivity contribution >= 4 is 17.5 Å². The molecule has 0 aromatic heterocycles. The SMILES string of the molecule is CC(=O)N[C@@]1([C@@H](O)c2cccc(F)c2)C(=O)N(C)c2ccccc21. The number of para-hydroxylation sites is 1. The lowest BCUT2D eigenvalue weighted by Gasteiger charge is -2.34. The number of benzene rings is 2. The Hall–Kier alpha value is -2.73. The molecule has 6 heteroatoms. The number of nitrogens with zero attached hydrogens (tertiary/aromatic N) is 1. The zero-order chi connectivity index (χ0) is 17.5. The number of aliphatic hydroxyl groups excluding tert-OH is 1. The number of carbonyl (C=O) groups excluding carboxylic acids is 2. The van der Waals surface area contributed by atoms with Gasteiger partial charge in [0.15, 0.2) is 5.54 Å². The van der Waals surface area contributed by atoms with Gasteiger partial charge in [-0.3, -0.25) is 9.59 Å². The van der Waals surface area contributed by atoms with E-state index in [2.05, 4.69) is 5.32 Å². The summed E-state index contributed by atoms with van der Waals surface area (Å²) in [6.07, 6.45) is -1.43. The molecule has 0 fully saturated rings. The molecule has 0 spiro atoms. The quantitative estimate of drug-likeness (QED) is 0.904. The number of hydrogen-bond donors (Lipinski definition) is 2. The highest BCUT2D eigenvalue weighted by Gasteiger charge is 2.55. The summed E-state index contributed by atoms with van der Waals surface area (Å²) in [7, 11) is 1.57. The van der Waals surface area contributed by atoms with Crippen molar-refractivity contribution in [3.8, 4) is 0 Å². The van der Waals surface area contributed by atoms with E-state index in [4.69, 9.17) is 0 Å². The minimum Gasteiger partial charge on any atom is -0.385 e. The molecule has 0 radical (unpaired) electrons. The molecular weight excluding hydrogens is 311 g/mol. The maximum Gasteiger partial charge on any atom is 0.260 e. The Morgan fingerprint density at radius 3 is 2.62 bits per heavy atom. The van der Waals surface area contributed by atoms with E-state index in [-0.39, 0.29) is 5.56 Å². The second-order valence-electron chi connectivity index (χ2n) is 5.83. The van der Waals surface area contributed by atoms with Gasteiger partial charge in [0, 0.05) is 25.2 Å². The lowest BCUT2D eigenvalue weighted by atomic mass is 9.82. The number of aliphatic hydroxyl groups is 1. The summed E-state index contributed by atoms with van der Waals surface area (Å²) in [4.78, 5) is 26.2. The normalized spacial score (nSPS) is 20.7. The number of nitrogens with one attached hydrogen (secondary N) is 1. The second-order valence-corrected chi connectivity index (χ2v) is 5.83. The number of amides is 2. The van der Waals surface area contributed by atoms with Crippen molar-refractivity contribution in [1.29, 1.82) is 0 Å². The summed E-state index contributed by atoms with van der Waals surface area (Å²) >= 11 is 0. The van der Waals surface area contributed by atoms with Gasteiger partial charge >= 0.3 is 0 Å². The lowest BCUT2D eigenvalue weighted by molar-refractivity contribution is -0.135. The predicted octanol–water partition coefficient (Wildman–Crippen LogP) is 1.87. The minimum absolute atomic E-state index is 0.210. The molecule has 0 saturated carbocycles. The van der Waals surface area contributed by atoms with Gasteiger partial charge in [-0.2, -0.15) is 0 Å². The maximum atomic E-state index is 13.6. The summed E-state index contributed by atoms with van der Waals surface area (Å²) < 4.78 is 13.6. The predicted molar refractivity (Wildman–Crippen MR) is 86.7 cm³/mol. The van der Waals surface area contributed by atoms with Gasteiger partial charge in [-0.05, 0) is 23.8 Å². The van der Waals surface area contributed by atoms with Crippen LogP contribution in [0, 0.1) is 5.82 Å². The van der Waals surface area contributed by atoms with E-state index >= 15 is 0 Å². The van der Waals surface area contributed by atoms with Crippen LogP contribution in [0.5, 0.6) is 0 Å². The Morgan fingerprint density at radius 2 is 1.96 bits per heavy atom. The zero-order valence-corrected chi connectivity index (χ0v) is 13.3. The zero-order valence-electron chi connectivity index (χ0n) is 13.3. The van der Waals surface area contributed by atoms with Gasteiger partial charge in [-0.15, -0.1) is 0 Å². The van der Waals surface area contributed by atoms with Crippen LogP contribution in [0.15, 0.2) is 48.5 Å². The van der Waals surface area contributed by atoms with E-state index in [0.29, 0.717) is 11.3 Å². The van der Waals surface area contributed by atoms with Crippen LogP contribution in [-0.2, 0) is 15.1 Å². The van der Waals surface area contributed by atoms with E-state index in [1.165, 1.54) is 30.0 Å². The van der Waals surface area contributed by atoms with Crippen LogP contribution in [0.2, 0.25) is 0 Å². The van der Waals surface area contributed by atoms with Crippen LogP contribution < -0.4 is 10.2 Å². The number of carbonyl (C=O) groups is 2. The summed E-state index contributed by atoms with van der Waals surface area (Å²) in [5, 5.41) is 13.6. The van der Waals surface area contributed by atoms with Gasteiger partial charge in [0.25, 0.3) is 5.91 Å². The van der Waals surface area contributed by atoms with E-state index in [9.17, 15) is 19.1 Å². The van der Waals surface area contributed by atoms with Crippen LogP contribution in [0.3, 0.4) is 0 Å². The van der Waals surface area contributed by atoms with Crippen molar-refractivity contribution in [2.45, 2.75) is 18.6 Å². The number of anilines is 1. The standard InChI is InChI=1S/C18H17FN2O3/c1-11(22)20-18(16(23)12-6-5-7-13(19)10-12)14-8-3-4-9-15(14)21(2)17(18)24/h3-10,16,23H,1-2H3,(H,20,22)/t16-,18-/m0/s1. The fraction of sp³-hybridized carbons (Fsp3) is 0.222. The molecule has 0 unspecified atom stereocenters. The van der Waals surface area contributed by atoms with E-state index in [1.54, 1.807) is 31.3 Å². The van der Waals surface area contributed by atoms with Gasteiger partial charge in [0.1, 0.15) is 11.9 Å². The van der Waals surface area contributed by atoms with E-state index < -0.39 is 29.3 Å². The summed E-state index contributed by atoms with van der Waals surface area (Å²) in [5.74, 6) is -1.48. The van der Waals surface area contributed by atoms with Gasteiger partial charge in [0.05, 0.1) is 0 Å². The molecule has 5 nitrogen and oxygen atoms in total. The molecule has 2 atom stereocenters. The number of hydrogen-bond acceptors (Lipinski definition) is 3. The molecule has 2 aromatic carbocycles. The average Bonchev–Trinajstić information content (AvgIpc) is 2.77. The van der Waals surface area contributed by atoms with Crippen molar-refractivity contribution in [3.05, 3.63) is 65.5 Å². The van der Waals surface area contributed by atoms with Crippen molar-refractivity contribution in [3.63, 3.8) is 0 Å². The highest BCUT2D eigenvalue weighted by atomic mass is 19.1. The molecule has 2 N–H and O–H groups in total. The Labute approximate surface area is 138 Å². The molecule has 0 aliphatic carbocycles. The Bertz CT molecular complexity index is 823. The molecule has 1 aliphatic rings. The summed E-state index contributed by atoms with van der Waals surface area (Å²) in [5.41, 5.74) is -0.413. The summed E-state index contributed by atoms with van der Waals surface area (Å²) in [6, 6.07) is 12.3. The highest BCUT2D eigenvalue weighted by molar-refractivity contribution is 6.09. The minimum atomic E-state index is -1.69. The number of likely N-dealkylation sites (N-methyl/N-ethyl adjacent to an activating group) is 1. The Balaban J connectivity index is 2.23. The first-order valence-corrected chi connectivity index (χ1v) is 7.48. The molecule has 2 aromatic rings. The first kappa shape index (κ1) is 16.1. The molecule has 0 saturated heterocycles. The van der Waals surface area contributed by atoms with E-state index in [0.717, 1.165) is 6.07 Å². The second kappa shape index (κ2) is 5.72. The van der Waals surface area contributed by atoms with Gasteiger partial charge in [-0.1, -0.05) is 30.3 Å². The summed E-state index contributed by atoms with van der Waals surface area (Å²) in [6.45, 7) is 1.27. The first-order valence-electron chi connectivity index (χ1n) is 7.48. The fourth-order valence-corrected chi connectivity index (χ4v) is 3.25. The molecule has 3 rings (SSSR count). The Kier molecular flexibility index (Phi) is 3.85. The third-order valence-corrected chi connectivity index (χ3v) is 4.28. The van der Waals surface area contributed by atoms with Gasteiger partial charge in [0.2, 0.25) is 5.91 Å². The van der Waals surface area contributed by atoms with Crippen LogP contribution in [0.25, 0.3) is 0 Å². The molecule has 2 amide bonds. The Morgan fingerprint density at radius 1 is 1.25 bits per heavy atom. The fourth-order valence-electron chi connectivity index (χ4n) is 3.25. The topological polar surface area (TPSA) is 69.6 Å². The third kappa shape index (κ3) is 2.27. The molecule has 24 heavy (non-hydrogen) atoms. The van der Waals surface area contributed by atoms with E-state index in [1.807, 2.05) is 0 Å². The monoisotopic (exact) mass is 328 g/mol. The molecular formula is C18H17FN2O3. The molecule has 124 valence electrons. The van der Waals surface area contributed by atoms with Crippen LogP contribution in [-0.4, -0.2) is 24.0 Å². The number of rotatable bonds is 3. The van der Waals surface area contributed by atoms with Crippen molar-refractivity contribution < 1.29 is 19.1 Å². The lowest BCUT2D eigenvalue weighted by Crippen LogP contribution is -2.55. The molecule has 1 aliphatic heterocycles. The number of halogens is 1.